The van der Waals surface area contributed by atoms with Crippen molar-refractivity contribution in [3.05, 3.63) is 53.1 Å². The molecule has 1 N–H and O–H groups in total. The minimum absolute atomic E-state index is 0.0426. The van der Waals surface area contributed by atoms with E-state index in [1.165, 1.54) is 11.8 Å². The molecule has 0 unspecified atom stereocenters. The van der Waals surface area contributed by atoms with Gasteiger partial charge in [-0.3, -0.25) is 4.79 Å². The molecule has 0 bridgehead atoms. The fourth-order valence-corrected chi connectivity index (χ4v) is 3.89. The molecule has 3 aromatic rings. The molecule has 0 saturated carbocycles. The quantitative estimate of drug-likeness (QED) is 0.562. The number of halogens is 1. The van der Waals surface area contributed by atoms with Gasteiger partial charge in [0.2, 0.25) is 5.91 Å². The van der Waals surface area contributed by atoms with Gasteiger partial charge in [0.05, 0.1) is 23.9 Å². The molecular weight excluding hydrogens is 382 g/mol. The second kappa shape index (κ2) is 9.15. The molecule has 27 heavy (non-hydrogen) atoms. The lowest BCUT2D eigenvalue weighted by atomic mass is 10.2. The van der Waals surface area contributed by atoms with Gasteiger partial charge in [0, 0.05) is 23.7 Å². The Morgan fingerprint density at radius 1 is 1.30 bits per heavy atom. The van der Waals surface area contributed by atoms with Crippen LogP contribution in [0.5, 0.6) is 5.75 Å². The summed E-state index contributed by atoms with van der Waals surface area (Å²) in [6.07, 6.45) is 0.988. The number of carbonyl (C=O) groups excluding carboxylic acids is 1. The topological polar surface area (TPSA) is 56.2 Å². The smallest absolute Gasteiger partial charge is 0.230 e. The number of para-hydroxylation sites is 1. The zero-order valence-corrected chi connectivity index (χ0v) is 16.9. The van der Waals surface area contributed by atoms with E-state index < -0.39 is 0 Å². The average molecular weight is 404 g/mol. The van der Waals surface area contributed by atoms with E-state index in [0.29, 0.717) is 17.3 Å². The summed E-state index contributed by atoms with van der Waals surface area (Å²) in [6.45, 7) is 3.41. The highest BCUT2D eigenvalue weighted by Crippen LogP contribution is 2.26. The molecule has 142 valence electrons. The number of rotatable bonds is 8. The van der Waals surface area contributed by atoms with Crippen LogP contribution < -0.4 is 10.1 Å². The molecule has 1 heterocycles. The molecule has 0 aliphatic rings. The van der Waals surface area contributed by atoms with Gasteiger partial charge >= 0.3 is 0 Å². The molecule has 0 atom stereocenters. The first-order chi connectivity index (χ1) is 13.1. The van der Waals surface area contributed by atoms with Crippen molar-refractivity contribution in [2.45, 2.75) is 31.6 Å². The summed E-state index contributed by atoms with van der Waals surface area (Å²) in [6, 6.07) is 13.4. The highest BCUT2D eigenvalue weighted by molar-refractivity contribution is 7.99. The molecule has 1 aromatic heterocycles. The first-order valence-electron chi connectivity index (χ1n) is 8.79. The summed E-state index contributed by atoms with van der Waals surface area (Å²) in [5, 5.41) is 4.44. The minimum Gasteiger partial charge on any atom is -0.496 e. The summed E-state index contributed by atoms with van der Waals surface area (Å²) in [5.74, 6) is 1.03. The van der Waals surface area contributed by atoms with Gasteiger partial charge in [-0.05, 0) is 30.7 Å². The third-order valence-corrected chi connectivity index (χ3v) is 5.33. The van der Waals surface area contributed by atoms with Crippen LogP contribution in [0.2, 0.25) is 5.02 Å². The Kier molecular flexibility index (Phi) is 6.63. The lowest BCUT2D eigenvalue weighted by Gasteiger charge is -2.10. The van der Waals surface area contributed by atoms with Crippen molar-refractivity contribution in [1.29, 1.82) is 0 Å². The molecule has 2 aromatic carbocycles. The van der Waals surface area contributed by atoms with Crippen LogP contribution in [0.3, 0.4) is 0 Å². The molecule has 0 radical (unpaired) electrons. The number of fused-ring (bicyclic) bond motifs is 1. The van der Waals surface area contributed by atoms with Crippen molar-refractivity contribution in [3.63, 3.8) is 0 Å². The number of hydrogen-bond acceptors (Lipinski definition) is 4. The van der Waals surface area contributed by atoms with E-state index in [0.717, 1.165) is 40.5 Å². The van der Waals surface area contributed by atoms with Crippen LogP contribution in [0, 0.1) is 0 Å². The Morgan fingerprint density at radius 3 is 2.89 bits per heavy atom. The van der Waals surface area contributed by atoms with Crippen LogP contribution in [0.4, 0.5) is 0 Å². The highest BCUT2D eigenvalue weighted by atomic mass is 35.5. The summed E-state index contributed by atoms with van der Waals surface area (Å²) in [5.41, 5.74) is 2.84. The maximum Gasteiger partial charge on any atom is 0.230 e. The number of imidazole rings is 1. The molecule has 5 nitrogen and oxygen atoms in total. The van der Waals surface area contributed by atoms with Gasteiger partial charge in [-0.25, -0.2) is 4.98 Å². The number of ether oxygens (including phenoxy) is 1. The van der Waals surface area contributed by atoms with Gasteiger partial charge in [-0.2, -0.15) is 0 Å². The second-order valence-corrected chi connectivity index (χ2v) is 7.44. The first-order valence-corrected chi connectivity index (χ1v) is 10.2. The summed E-state index contributed by atoms with van der Waals surface area (Å²) in [7, 11) is 1.63. The lowest BCUT2D eigenvalue weighted by molar-refractivity contribution is -0.118. The Morgan fingerprint density at radius 2 is 2.11 bits per heavy atom. The number of thioether (sulfide) groups is 1. The Hall–Kier alpha value is -2.18. The summed E-state index contributed by atoms with van der Waals surface area (Å²) >= 11 is 7.52. The Labute approximate surface area is 168 Å². The van der Waals surface area contributed by atoms with E-state index in [-0.39, 0.29) is 5.91 Å². The Bertz CT molecular complexity index is 942. The fourth-order valence-electron chi connectivity index (χ4n) is 2.85. The van der Waals surface area contributed by atoms with Crippen molar-refractivity contribution in [2.75, 3.05) is 12.9 Å². The third kappa shape index (κ3) is 4.76. The molecular formula is C20H22ClN3O2S. The van der Waals surface area contributed by atoms with Crippen molar-refractivity contribution in [3.8, 4) is 5.75 Å². The number of nitrogens with one attached hydrogen (secondary N) is 1. The largest absolute Gasteiger partial charge is 0.496 e. The number of hydrogen-bond donors (Lipinski definition) is 1. The maximum atomic E-state index is 12.3. The monoisotopic (exact) mass is 403 g/mol. The normalized spacial score (nSPS) is 10.9. The molecule has 1 amide bonds. The molecule has 0 saturated heterocycles. The first kappa shape index (κ1) is 19.6. The van der Waals surface area contributed by atoms with Gasteiger partial charge in [0.15, 0.2) is 5.16 Å². The van der Waals surface area contributed by atoms with E-state index in [1.807, 2.05) is 42.5 Å². The number of aryl methyl sites for hydroxylation is 1. The number of methoxy groups -OCH3 is 1. The van der Waals surface area contributed by atoms with Crippen LogP contribution in [0.25, 0.3) is 11.0 Å². The van der Waals surface area contributed by atoms with E-state index >= 15 is 0 Å². The predicted molar refractivity (Wildman–Crippen MR) is 111 cm³/mol. The molecule has 0 aliphatic carbocycles. The Balaban J connectivity index is 1.65. The number of nitrogens with zero attached hydrogens (tertiary/aromatic N) is 2. The van der Waals surface area contributed by atoms with Crippen LogP contribution >= 0.6 is 23.4 Å². The molecule has 0 fully saturated rings. The van der Waals surface area contributed by atoms with Gasteiger partial charge in [0.25, 0.3) is 0 Å². The van der Waals surface area contributed by atoms with E-state index in [1.54, 1.807) is 7.11 Å². The standard InChI is InChI=1S/C20H22ClN3O2S/c1-3-10-24-17-9-8-15(21)11-16(17)23-20(24)27-13-19(25)22-12-14-6-4-5-7-18(14)26-2/h4-9,11H,3,10,12-13H2,1-2H3,(H,22,25). The van der Waals surface area contributed by atoms with Gasteiger partial charge in [-0.15, -0.1) is 0 Å². The van der Waals surface area contributed by atoms with E-state index in [2.05, 4.69) is 21.8 Å². The van der Waals surface area contributed by atoms with Crippen LogP contribution in [-0.4, -0.2) is 28.3 Å². The zero-order chi connectivity index (χ0) is 19.2. The second-order valence-electron chi connectivity index (χ2n) is 6.06. The third-order valence-electron chi connectivity index (χ3n) is 4.12. The predicted octanol–water partition coefficient (Wildman–Crippen LogP) is 4.52. The van der Waals surface area contributed by atoms with Crippen LogP contribution in [0.15, 0.2) is 47.6 Å². The van der Waals surface area contributed by atoms with Gasteiger partial charge in [-0.1, -0.05) is 48.5 Å². The van der Waals surface area contributed by atoms with Crippen LogP contribution in [-0.2, 0) is 17.9 Å². The molecule has 0 spiro atoms. The number of carbonyl (C=O) groups is 1. The van der Waals surface area contributed by atoms with E-state index in [9.17, 15) is 4.79 Å². The fraction of sp³-hybridized carbons (Fsp3) is 0.300. The zero-order valence-electron chi connectivity index (χ0n) is 15.4. The summed E-state index contributed by atoms with van der Waals surface area (Å²) in [4.78, 5) is 16.9. The van der Waals surface area contributed by atoms with Crippen molar-refractivity contribution in [1.82, 2.24) is 14.9 Å². The maximum absolute atomic E-state index is 12.3. The lowest BCUT2D eigenvalue weighted by Crippen LogP contribution is -2.25. The average Bonchev–Trinajstić information content (AvgIpc) is 3.01. The number of aromatic nitrogens is 2. The van der Waals surface area contributed by atoms with Crippen molar-refractivity contribution >= 4 is 40.3 Å². The molecule has 0 aliphatic heterocycles. The van der Waals surface area contributed by atoms with Gasteiger partial charge in [0.1, 0.15) is 5.75 Å². The SMILES string of the molecule is CCCn1c(SCC(=O)NCc2ccccc2OC)nc2cc(Cl)ccc21. The molecule has 3 rings (SSSR count). The van der Waals surface area contributed by atoms with Crippen molar-refractivity contribution in [2.24, 2.45) is 0 Å². The van der Waals surface area contributed by atoms with Crippen LogP contribution in [0.1, 0.15) is 18.9 Å². The van der Waals surface area contributed by atoms with E-state index in [4.69, 9.17) is 16.3 Å². The number of benzene rings is 2. The summed E-state index contributed by atoms with van der Waals surface area (Å²) < 4.78 is 7.45. The molecule has 7 heteroatoms. The minimum atomic E-state index is -0.0426. The highest BCUT2D eigenvalue weighted by Gasteiger charge is 2.13. The van der Waals surface area contributed by atoms with Crippen molar-refractivity contribution < 1.29 is 9.53 Å². The number of amides is 1. The van der Waals surface area contributed by atoms with Gasteiger partial charge < -0.3 is 14.6 Å².